The average Bonchev–Trinajstić information content (AvgIpc) is 2.45. The number of hydrogen-bond acceptors (Lipinski definition) is 5. The molecule has 1 rings (SSSR count). The molecule has 0 amide bonds. The summed E-state index contributed by atoms with van der Waals surface area (Å²) in [5, 5.41) is 11.5. The molecule has 1 aromatic rings. The van der Waals surface area contributed by atoms with Crippen LogP contribution in [0.4, 0.5) is 5.69 Å². The largest absolute Gasteiger partial charge is 0.495 e. The first-order valence-corrected chi connectivity index (χ1v) is 7.58. The molecule has 0 aliphatic rings. The molecule has 0 atom stereocenters. The summed E-state index contributed by atoms with van der Waals surface area (Å²) in [6.45, 7) is 3.52. The van der Waals surface area contributed by atoms with E-state index in [1.54, 1.807) is 13.8 Å². The van der Waals surface area contributed by atoms with E-state index >= 15 is 0 Å². The van der Waals surface area contributed by atoms with E-state index in [0.29, 0.717) is 5.56 Å². The highest BCUT2D eigenvalue weighted by molar-refractivity contribution is 7.90. The van der Waals surface area contributed by atoms with Crippen LogP contribution in [0.1, 0.15) is 19.4 Å². The Balaban J connectivity index is 3.15. The van der Waals surface area contributed by atoms with Crippen LogP contribution in [-0.2, 0) is 10.2 Å². The molecule has 1 aromatic carbocycles. The monoisotopic (exact) mass is 316 g/mol. The maximum absolute atomic E-state index is 12.2. The van der Waals surface area contributed by atoms with Crippen LogP contribution in [0, 0.1) is 0 Å². The number of ether oxygens (including phenoxy) is 1. The molecule has 0 aromatic heterocycles. The lowest BCUT2D eigenvalue weighted by atomic mass is 10.2. The fourth-order valence-corrected chi connectivity index (χ4v) is 2.63. The quantitative estimate of drug-likeness (QED) is 0.310. The fraction of sp³-hybridized carbons (Fsp3) is 0.417. The molecule has 0 saturated heterocycles. The smallest absolute Gasteiger partial charge is 0.301 e. The van der Waals surface area contributed by atoms with E-state index in [9.17, 15) is 8.42 Å². The highest BCUT2D eigenvalue weighted by Crippen LogP contribution is 2.27. The topological polar surface area (TPSA) is 117 Å². The van der Waals surface area contributed by atoms with E-state index in [0.717, 1.165) is 0 Å². The van der Waals surface area contributed by atoms with Gasteiger partial charge in [-0.2, -0.15) is 12.7 Å². The van der Waals surface area contributed by atoms with Gasteiger partial charge < -0.3 is 15.7 Å². The number of oxime groups is 1. The molecule has 0 spiro atoms. The van der Waals surface area contributed by atoms with Crippen LogP contribution in [0.15, 0.2) is 23.4 Å². The number of rotatable bonds is 6. The first-order valence-electron chi connectivity index (χ1n) is 6.14. The van der Waals surface area contributed by atoms with Gasteiger partial charge in [0.25, 0.3) is 0 Å². The minimum Gasteiger partial charge on any atom is -0.495 e. The molecule has 0 fully saturated rings. The van der Waals surface area contributed by atoms with Crippen molar-refractivity contribution in [3.8, 4) is 5.75 Å². The van der Waals surface area contributed by atoms with Crippen molar-refractivity contribution >= 4 is 21.7 Å². The summed E-state index contributed by atoms with van der Waals surface area (Å²) < 4.78 is 33.1. The van der Waals surface area contributed by atoms with Gasteiger partial charge in [0, 0.05) is 18.7 Å². The Bertz CT molecular complexity index is 628. The zero-order valence-electron chi connectivity index (χ0n) is 12.4. The van der Waals surface area contributed by atoms with Crippen LogP contribution in [0.3, 0.4) is 0 Å². The van der Waals surface area contributed by atoms with Crippen LogP contribution >= 0.6 is 0 Å². The van der Waals surface area contributed by atoms with Gasteiger partial charge in [-0.3, -0.25) is 4.72 Å². The molecule has 0 saturated carbocycles. The van der Waals surface area contributed by atoms with Crippen molar-refractivity contribution in [1.29, 1.82) is 0 Å². The number of nitrogens with two attached hydrogens (primary N) is 1. The summed E-state index contributed by atoms with van der Waals surface area (Å²) in [6, 6.07) is 4.29. The van der Waals surface area contributed by atoms with Crippen molar-refractivity contribution in [3.05, 3.63) is 23.8 Å². The summed E-state index contributed by atoms with van der Waals surface area (Å²) in [5.41, 5.74) is 6.16. The van der Waals surface area contributed by atoms with E-state index in [4.69, 9.17) is 15.7 Å². The van der Waals surface area contributed by atoms with Gasteiger partial charge in [-0.15, -0.1) is 0 Å². The van der Waals surface area contributed by atoms with Gasteiger partial charge in [0.15, 0.2) is 5.84 Å². The Labute approximate surface area is 124 Å². The SMILES string of the molecule is COc1cc(/C(N)=N/O)ccc1NS(=O)(=O)N(C)C(C)C. The summed E-state index contributed by atoms with van der Waals surface area (Å²) >= 11 is 0. The summed E-state index contributed by atoms with van der Waals surface area (Å²) in [6.07, 6.45) is 0. The molecule has 0 bridgehead atoms. The van der Waals surface area contributed by atoms with Crippen molar-refractivity contribution < 1.29 is 18.4 Å². The van der Waals surface area contributed by atoms with Crippen molar-refractivity contribution in [2.24, 2.45) is 10.9 Å². The maximum Gasteiger partial charge on any atom is 0.301 e. The molecule has 21 heavy (non-hydrogen) atoms. The van der Waals surface area contributed by atoms with Crippen LogP contribution in [0.5, 0.6) is 5.75 Å². The van der Waals surface area contributed by atoms with Gasteiger partial charge in [0.2, 0.25) is 0 Å². The number of anilines is 1. The lowest BCUT2D eigenvalue weighted by molar-refractivity contribution is 0.318. The van der Waals surface area contributed by atoms with E-state index in [1.807, 2.05) is 0 Å². The maximum atomic E-state index is 12.2. The molecule has 0 aliphatic heterocycles. The molecule has 9 heteroatoms. The Morgan fingerprint density at radius 2 is 2.10 bits per heavy atom. The van der Waals surface area contributed by atoms with Crippen molar-refractivity contribution in [3.63, 3.8) is 0 Å². The first-order chi connectivity index (χ1) is 9.72. The third-order valence-corrected chi connectivity index (χ3v) is 4.61. The van der Waals surface area contributed by atoms with E-state index in [-0.39, 0.29) is 23.3 Å². The second-order valence-corrected chi connectivity index (χ2v) is 6.35. The lowest BCUT2D eigenvalue weighted by Crippen LogP contribution is -2.37. The lowest BCUT2D eigenvalue weighted by Gasteiger charge is -2.22. The minimum atomic E-state index is -3.69. The highest BCUT2D eigenvalue weighted by Gasteiger charge is 2.22. The Hall–Kier alpha value is -2.00. The number of methoxy groups -OCH3 is 1. The molecule has 118 valence electrons. The van der Waals surface area contributed by atoms with Crippen molar-refractivity contribution in [1.82, 2.24) is 4.31 Å². The van der Waals surface area contributed by atoms with E-state index < -0.39 is 10.2 Å². The zero-order valence-corrected chi connectivity index (χ0v) is 13.2. The van der Waals surface area contributed by atoms with Crippen molar-refractivity contribution in [2.75, 3.05) is 18.9 Å². The second kappa shape index (κ2) is 6.64. The molecule has 0 unspecified atom stereocenters. The van der Waals surface area contributed by atoms with Crippen LogP contribution in [-0.4, -0.2) is 44.0 Å². The number of amidine groups is 1. The molecule has 0 aliphatic carbocycles. The summed E-state index contributed by atoms with van der Waals surface area (Å²) in [4.78, 5) is 0. The Kier molecular flexibility index (Phi) is 5.39. The third-order valence-electron chi connectivity index (χ3n) is 2.95. The van der Waals surface area contributed by atoms with Gasteiger partial charge in [-0.1, -0.05) is 5.16 Å². The number of benzene rings is 1. The van der Waals surface area contributed by atoms with E-state index in [2.05, 4.69) is 9.88 Å². The first kappa shape index (κ1) is 17.1. The standard InChI is InChI=1S/C12H20N4O4S/c1-8(2)16(3)21(18,19)15-10-6-5-9(12(13)14-17)7-11(10)20-4/h5-8,15,17H,1-4H3,(H2,13,14). The Morgan fingerprint density at radius 1 is 1.48 bits per heavy atom. The van der Waals surface area contributed by atoms with Crippen LogP contribution in [0.2, 0.25) is 0 Å². The summed E-state index contributed by atoms with van der Waals surface area (Å²) in [7, 11) is -0.817. The van der Waals surface area contributed by atoms with Gasteiger partial charge in [-0.05, 0) is 32.0 Å². The number of hydrogen-bond donors (Lipinski definition) is 3. The number of nitrogens with zero attached hydrogens (tertiary/aromatic N) is 2. The van der Waals surface area contributed by atoms with Gasteiger partial charge >= 0.3 is 10.2 Å². The Morgan fingerprint density at radius 3 is 2.57 bits per heavy atom. The second-order valence-electron chi connectivity index (χ2n) is 4.62. The zero-order chi connectivity index (χ0) is 16.2. The van der Waals surface area contributed by atoms with Gasteiger partial charge in [-0.25, -0.2) is 0 Å². The molecule has 0 heterocycles. The van der Waals surface area contributed by atoms with Crippen molar-refractivity contribution in [2.45, 2.75) is 19.9 Å². The normalized spacial score (nSPS) is 12.8. The number of nitrogens with one attached hydrogen (secondary N) is 1. The fourth-order valence-electron chi connectivity index (χ4n) is 1.48. The van der Waals surface area contributed by atoms with Gasteiger partial charge in [0.05, 0.1) is 12.8 Å². The average molecular weight is 316 g/mol. The third kappa shape index (κ3) is 3.99. The molecule has 8 nitrogen and oxygen atoms in total. The molecular formula is C12H20N4O4S. The predicted molar refractivity (Wildman–Crippen MR) is 80.9 cm³/mol. The summed E-state index contributed by atoms with van der Waals surface area (Å²) in [5.74, 6) is 0.168. The molecular weight excluding hydrogens is 296 g/mol. The molecule has 4 N–H and O–H groups in total. The van der Waals surface area contributed by atoms with Crippen LogP contribution in [0.25, 0.3) is 0 Å². The minimum absolute atomic E-state index is 0.0954. The van der Waals surface area contributed by atoms with Crippen LogP contribution < -0.4 is 15.2 Å². The molecule has 0 radical (unpaired) electrons. The predicted octanol–water partition coefficient (Wildman–Crippen LogP) is 0.787. The van der Waals surface area contributed by atoms with Gasteiger partial charge in [0.1, 0.15) is 5.75 Å². The highest BCUT2D eigenvalue weighted by atomic mass is 32.2. The van der Waals surface area contributed by atoms with E-state index in [1.165, 1.54) is 36.7 Å².